The zero-order valence-electron chi connectivity index (χ0n) is 17.6. The predicted molar refractivity (Wildman–Crippen MR) is 125 cm³/mol. The smallest absolute Gasteiger partial charge is 0.334 e. The van der Waals surface area contributed by atoms with Crippen molar-refractivity contribution in [1.82, 2.24) is 14.9 Å². The van der Waals surface area contributed by atoms with E-state index < -0.39 is 16.1 Å². The summed E-state index contributed by atoms with van der Waals surface area (Å²) in [7, 11) is -2.17. The number of rotatable bonds is 6. The third kappa shape index (κ3) is 4.99. The van der Waals surface area contributed by atoms with Gasteiger partial charge in [-0.25, -0.2) is 17.9 Å². The van der Waals surface area contributed by atoms with Crippen LogP contribution in [-0.2, 0) is 14.8 Å². The number of benzene rings is 1. The number of urea groups is 1. The number of nitrogens with zero attached hydrogens (tertiary/aromatic N) is 4. The van der Waals surface area contributed by atoms with E-state index in [0.717, 1.165) is 32.5 Å². The molecule has 0 aliphatic carbocycles. The van der Waals surface area contributed by atoms with Crippen LogP contribution in [-0.4, -0.2) is 43.3 Å². The summed E-state index contributed by atoms with van der Waals surface area (Å²) >= 11 is 1.05. The predicted octanol–water partition coefficient (Wildman–Crippen LogP) is 2.54. The molecular weight excluding hydrogens is 466 g/mol. The molecule has 3 N–H and O–H groups in total. The molecule has 1 aromatic carbocycles. The number of hydrazone groups is 1. The Kier molecular flexibility index (Phi) is 6.07. The number of hydrogen-bond donors (Lipinski definition) is 3. The van der Waals surface area contributed by atoms with E-state index in [1.54, 1.807) is 13.0 Å². The highest BCUT2D eigenvalue weighted by Gasteiger charge is 2.27. The number of aromatic nitrogens is 2. The summed E-state index contributed by atoms with van der Waals surface area (Å²) in [6, 6.07) is 12.4. The molecule has 1 aliphatic rings. The lowest BCUT2D eigenvalue weighted by Gasteiger charge is -2.10. The fourth-order valence-corrected chi connectivity index (χ4v) is 5.16. The van der Waals surface area contributed by atoms with Crippen molar-refractivity contribution >= 4 is 56.3 Å². The average molecular weight is 486 g/mol. The highest BCUT2D eigenvalue weighted by molar-refractivity contribution is 7.92. The first-order valence-corrected chi connectivity index (χ1v) is 12.0. The molecule has 170 valence electrons. The van der Waals surface area contributed by atoms with E-state index in [4.69, 9.17) is 0 Å². The van der Waals surface area contributed by atoms with Crippen molar-refractivity contribution in [2.45, 2.75) is 17.6 Å². The molecule has 0 radical (unpaired) electrons. The van der Waals surface area contributed by atoms with Crippen LogP contribution in [0.4, 0.5) is 22.1 Å². The summed E-state index contributed by atoms with van der Waals surface area (Å²) < 4.78 is 26.4. The fourth-order valence-electron chi connectivity index (χ4n) is 2.97. The Labute approximate surface area is 193 Å². The van der Waals surface area contributed by atoms with Gasteiger partial charge in [0.05, 0.1) is 12.1 Å². The van der Waals surface area contributed by atoms with Gasteiger partial charge in [-0.05, 0) is 48.9 Å². The van der Waals surface area contributed by atoms with E-state index in [2.05, 4.69) is 25.9 Å². The molecule has 0 saturated heterocycles. The lowest BCUT2D eigenvalue weighted by Crippen LogP contribution is -2.34. The first kappa shape index (κ1) is 22.4. The van der Waals surface area contributed by atoms with Gasteiger partial charge in [0.1, 0.15) is 4.21 Å². The molecule has 0 spiro atoms. The molecule has 0 fully saturated rings. The maximum absolute atomic E-state index is 12.4. The van der Waals surface area contributed by atoms with E-state index in [-0.39, 0.29) is 28.2 Å². The van der Waals surface area contributed by atoms with E-state index >= 15 is 0 Å². The highest BCUT2D eigenvalue weighted by atomic mass is 32.2. The molecule has 11 nitrogen and oxygen atoms in total. The molecule has 3 heterocycles. The van der Waals surface area contributed by atoms with Crippen LogP contribution in [0.15, 0.2) is 57.8 Å². The lowest BCUT2D eigenvalue weighted by molar-refractivity contribution is -0.116. The van der Waals surface area contributed by atoms with Crippen molar-refractivity contribution in [2.75, 3.05) is 22.7 Å². The van der Waals surface area contributed by atoms with Crippen LogP contribution in [0.5, 0.6) is 0 Å². The molecule has 3 aromatic rings. The zero-order valence-corrected chi connectivity index (χ0v) is 19.2. The summed E-state index contributed by atoms with van der Waals surface area (Å²) in [4.78, 5) is 25.3. The van der Waals surface area contributed by atoms with Crippen LogP contribution in [0.25, 0.3) is 0 Å². The molecule has 1 aliphatic heterocycles. The van der Waals surface area contributed by atoms with Crippen molar-refractivity contribution in [3.8, 4) is 0 Å². The Bertz CT molecular complexity index is 1330. The number of thiophene rings is 1. The molecule has 0 unspecified atom stereocenters. The lowest BCUT2D eigenvalue weighted by atomic mass is 10.1. The third-order valence-corrected chi connectivity index (χ3v) is 7.42. The van der Waals surface area contributed by atoms with E-state index in [1.165, 1.54) is 18.2 Å². The number of hydrogen-bond acceptors (Lipinski definition) is 9. The number of sulfonamides is 1. The second kappa shape index (κ2) is 8.96. The standard InChI is InChI=1S/C20H19N7O4S2/c1-12-3-10-19(32-12)33(30,31)26-20(29)22-16-8-9-17(24-23-16)27-18(28)11-15(25-27)13-4-6-14(21-2)7-5-13/h3-10,21H,11H2,1-2H3,(H2,22,23,26,29). The topological polar surface area (TPSA) is 146 Å². The summed E-state index contributed by atoms with van der Waals surface area (Å²) in [5.74, 6) is -0.0884. The van der Waals surface area contributed by atoms with Gasteiger partial charge >= 0.3 is 6.03 Å². The maximum atomic E-state index is 12.4. The van der Waals surface area contributed by atoms with Crippen LogP contribution in [0.3, 0.4) is 0 Å². The number of aryl methyl sites for hydroxylation is 1. The molecule has 0 bridgehead atoms. The molecule has 4 rings (SSSR count). The molecular formula is C20H19N7O4S2. The van der Waals surface area contributed by atoms with Crippen molar-refractivity contribution in [2.24, 2.45) is 5.10 Å². The van der Waals surface area contributed by atoms with Gasteiger partial charge in [0.2, 0.25) is 0 Å². The zero-order chi connectivity index (χ0) is 23.6. The van der Waals surface area contributed by atoms with E-state index in [1.807, 2.05) is 36.0 Å². The van der Waals surface area contributed by atoms with E-state index in [0.29, 0.717) is 5.71 Å². The maximum Gasteiger partial charge on any atom is 0.334 e. The average Bonchev–Trinajstić information content (AvgIpc) is 3.40. The van der Waals surface area contributed by atoms with Gasteiger partial charge in [-0.3, -0.25) is 10.1 Å². The Morgan fingerprint density at radius 1 is 1.06 bits per heavy atom. The number of nitrogens with one attached hydrogen (secondary N) is 3. The molecule has 13 heteroatoms. The van der Waals surface area contributed by atoms with Gasteiger partial charge < -0.3 is 5.32 Å². The van der Waals surface area contributed by atoms with Crippen molar-refractivity contribution in [3.63, 3.8) is 0 Å². The monoisotopic (exact) mass is 485 g/mol. The largest absolute Gasteiger partial charge is 0.388 e. The van der Waals surface area contributed by atoms with Crippen LogP contribution in [0.1, 0.15) is 16.9 Å². The van der Waals surface area contributed by atoms with Gasteiger partial charge in [0.25, 0.3) is 15.9 Å². The Morgan fingerprint density at radius 2 is 1.82 bits per heavy atom. The molecule has 3 amide bonds. The molecule has 2 aromatic heterocycles. The van der Waals surface area contributed by atoms with E-state index in [9.17, 15) is 18.0 Å². The molecule has 0 saturated carbocycles. The Balaban J connectivity index is 1.42. The first-order valence-electron chi connectivity index (χ1n) is 9.68. The minimum Gasteiger partial charge on any atom is -0.388 e. The van der Waals surface area contributed by atoms with Crippen molar-refractivity contribution < 1.29 is 18.0 Å². The van der Waals surface area contributed by atoms with Crippen molar-refractivity contribution in [1.29, 1.82) is 0 Å². The van der Waals surface area contributed by atoms with Crippen LogP contribution in [0, 0.1) is 6.92 Å². The summed E-state index contributed by atoms with van der Waals surface area (Å²) in [6.07, 6.45) is 0.114. The Hall–Kier alpha value is -3.84. The van der Waals surface area contributed by atoms with Gasteiger partial charge in [-0.1, -0.05) is 12.1 Å². The summed E-state index contributed by atoms with van der Waals surface area (Å²) in [5.41, 5.74) is 2.35. The molecule has 0 atom stereocenters. The minimum absolute atomic E-state index is 0.00677. The normalized spacial score (nSPS) is 13.6. The Morgan fingerprint density at radius 3 is 2.42 bits per heavy atom. The first-order chi connectivity index (χ1) is 15.7. The van der Waals surface area contributed by atoms with Gasteiger partial charge in [-0.2, -0.15) is 10.1 Å². The van der Waals surface area contributed by atoms with Crippen LogP contribution >= 0.6 is 11.3 Å². The van der Waals surface area contributed by atoms with Crippen LogP contribution in [0.2, 0.25) is 0 Å². The summed E-state index contributed by atoms with van der Waals surface area (Å²) in [5, 5.41) is 18.6. The number of anilines is 3. The number of amides is 3. The third-order valence-electron chi connectivity index (χ3n) is 4.60. The van der Waals surface area contributed by atoms with Crippen LogP contribution < -0.4 is 20.4 Å². The van der Waals surface area contributed by atoms with Crippen molar-refractivity contribution in [3.05, 3.63) is 59.0 Å². The number of carbonyl (C=O) groups excluding carboxylic acids is 2. The minimum atomic E-state index is -3.99. The molecule has 33 heavy (non-hydrogen) atoms. The second-order valence-corrected chi connectivity index (χ2v) is 10.2. The van der Waals surface area contributed by atoms with Gasteiger partial charge in [-0.15, -0.1) is 21.5 Å². The SMILES string of the molecule is CNc1ccc(C2=NN(c3ccc(NC(=O)NS(=O)(=O)c4ccc(C)s4)nn3)C(=O)C2)cc1. The quantitative estimate of drug-likeness (QED) is 0.486. The fraction of sp³-hybridized carbons (Fsp3) is 0.150. The van der Waals surface area contributed by atoms with Gasteiger partial charge in [0, 0.05) is 17.6 Å². The second-order valence-electron chi connectivity index (χ2n) is 6.96. The summed E-state index contributed by atoms with van der Waals surface area (Å²) in [6.45, 7) is 1.76. The van der Waals surface area contributed by atoms with Gasteiger partial charge in [0.15, 0.2) is 11.6 Å². The highest BCUT2D eigenvalue weighted by Crippen LogP contribution is 2.23. The number of carbonyl (C=O) groups is 2.